The van der Waals surface area contributed by atoms with E-state index in [2.05, 4.69) is 0 Å². The molecule has 2 fully saturated rings. The maximum absolute atomic E-state index is 12.9. The molecule has 0 N–H and O–H groups in total. The topological polar surface area (TPSA) is 76.2 Å². The van der Waals surface area contributed by atoms with Gasteiger partial charge in [-0.25, -0.2) is 0 Å². The van der Waals surface area contributed by atoms with Crippen molar-refractivity contribution < 1.29 is 23.9 Å². The smallest absolute Gasteiger partial charge is 0.294 e. The highest BCUT2D eigenvalue weighted by molar-refractivity contribution is 8.18. The number of ether oxygens (including phenoxy) is 2. The second-order valence-corrected chi connectivity index (χ2v) is 10.3. The van der Waals surface area contributed by atoms with Gasteiger partial charge < -0.3 is 14.4 Å². The SMILES string of the molecule is COc1cc(C=C2SC(=O)N(CC(=O)N3CCCCCC3)C2=O)cc(Cl)c1OCc1ccc(Cl)cc1. The van der Waals surface area contributed by atoms with Crippen LogP contribution in [0.15, 0.2) is 41.3 Å². The molecule has 36 heavy (non-hydrogen) atoms. The van der Waals surface area contributed by atoms with Crippen LogP contribution in [0.5, 0.6) is 11.5 Å². The van der Waals surface area contributed by atoms with Gasteiger partial charge in [-0.2, -0.15) is 0 Å². The molecule has 10 heteroatoms. The summed E-state index contributed by atoms with van der Waals surface area (Å²) in [6.07, 6.45) is 5.62. The molecule has 0 spiro atoms. The zero-order chi connectivity index (χ0) is 25.7. The molecule has 2 heterocycles. The van der Waals surface area contributed by atoms with E-state index in [4.69, 9.17) is 32.7 Å². The Kier molecular flexibility index (Phi) is 8.82. The minimum atomic E-state index is -0.494. The molecule has 2 saturated heterocycles. The molecule has 0 radical (unpaired) electrons. The third kappa shape index (κ3) is 6.35. The highest BCUT2D eigenvalue weighted by Crippen LogP contribution is 2.39. The summed E-state index contributed by atoms with van der Waals surface area (Å²) in [5, 5.41) is 0.468. The van der Waals surface area contributed by atoms with Crippen LogP contribution in [0.1, 0.15) is 36.8 Å². The lowest BCUT2D eigenvalue weighted by atomic mass is 10.1. The van der Waals surface area contributed by atoms with E-state index in [1.165, 1.54) is 7.11 Å². The number of carbonyl (C=O) groups is 3. The fourth-order valence-electron chi connectivity index (χ4n) is 4.04. The normalized spacial score (nSPS) is 17.5. The fraction of sp³-hybridized carbons (Fsp3) is 0.346. The number of hydrogen-bond donors (Lipinski definition) is 0. The van der Waals surface area contributed by atoms with Crippen molar-refractivity contribution in [1.29, 1.82) is 0 Å². The Morgan fingerprint density at radius 2 is 1.75 bits per heavy atom. The lowest BCUT2D eigenvalue weighted by molar-refractivity contribution is -0.135. The minimum Gasteiger partial charge on any atom is -0.493 e. The lowest BCUT2D eigenvalue weighted by Gasteiger charge is -2.22. The Hall–Kier alpha value is -2.68. The number of halogens is 2. The summed E-state index contributed by atoms with van der Waals surface area (Å²) in [6.45, 7) is 1.34. The van der Waals surface area contributed by atoms with E-state index in [9.17, 15) is 14.4 Å². The summed E-state index contributed by atoms with van der Waals surface area (Å²) in [6, 6.07) is 10.6. The van der Waals surface area contributed by atoms with Crippen LogP contribution in [-0.4, -0.2) is 53.6 Å². The zero-order valence-electron chi connectivity index (χ0n) is 19.8. The first-order chi connectivity index (χ1) is 17.4. The molecule has 0 atom stereocenters. The molecule has 2 aromatic carbocycles. The molecule has 2 aliphatic heterocycles. The second-order valence-electron chi connectivity index (χ2n) is 8.51. The van der Waals surface area contributed by atoms with Crippen LogP contribution in [0.2, 0.25) is 10.0 Å². The van der Waals surface area contributed by atoms with Gasteiger partial charge >= 0.3 is 0 Å². The Morgan fingerprint density at radius 1 is 1.06 bits per heavy atom. The van der Waals surface area contributed by atoms with Crippen LogP contribution in [0.4, 0.5) is 4.79 Å². The first-order valence-electron chi connectivity index (χ1n) is 11.6. The second kappa shape index (κ2) is 12.0. The highest BCUT2D eigenvalue weighted by atomic mass is 35.5. The van der Waals surface area contributed by atoms with Gasteiger partial charge in [-0.3, -0.25) is 19.3 Å². The van der Waals surface area contributed by atoms with Crippen LogP contribution in [0.3, 0.4) is 0 Å². The van der Waals surface area contributed by atoms with Crippen molar-refractivity contribution >= 4 is 58.1 Å². The van der Waals surface area contributed by atoms with Gasteiger partial charge in [-0.15, -0.1) is 0 Å². The number of likely N-dealkylation sites (tertiary alicyclic amines) is 1. The number of methoxy groups -OCH3 is 1. The first-order valence-corrected chi connectivity index (χ1v) is 13.2. The minimum absolute atomic E-state index is 0.202. The zero-order valence-corrected chi connectivity index (χ0v) is 22.1. The Labute approximate surface area is 224 Å². The number of amides is 3. The summed E-state index contributed by atoms with van der Waals surface area (Å²) in [5.74, 6) is 0.0550. The van der Waals surface area contributed by atoms with Crippen molar-refractivity contribution in [2.75, 3.05) is 26.7 Å². The van der Waals surface area contributed by atoms with Crippen molar-refractivity contribution in [2.24, 2.45) is 0 Å². The number of carbonyl (C=O) groups excluding carboxylic acids is 3. The molecule has 0 unspecified atom stereocenters. The van der Waals surface area contributed by atoms with E-state index in [0.717, 1.165) is 47.9 Å². The fourth-order valence-corrected chi connectivity index (χ4v) is 5.28. The number of rotatable bonds is 7. The van der Waals surface area contributed by atoms with Gasteiger partial charge in [-0.05, 0) is 66.1 Å². The summed E-state index contributed by atoms with van der Waals surface area (Å²) in [7, 11) is 1.49. The lowest BCUT2D eigenvalue weighted by Crippen LogP contribution is -2.42. The van der Waals surface area contributed by atoms with Crippen molar-refractivity contribution in [3.8, 4) is 11.5 Å². The quantitative estimate of drug-likeness (QED) is 0.394. The molecule has 7 nitrogen and oxygen atoms in total. The largest absolute Gasteiger partial charge is 0.493 e. The maximum atomic E-state index is 12.9. The molecule has 3 amide bonds. The van der Waals surface area contributed by atoms with Crippen LogP contribution < -0.4 is 9.47 Å². The number of benzene rings is 2. The summed E-state index contributed by atoms with van der Waals surface area (Å²) in [4.78, 5) is 41.2. The third-order valence-corrected chi connectivity index (χ3v) is 7.41. The van der Waals surface area contributed by atoms with Crippen LogP contribution in [-0.2, 0) is 16.2 Å². The molecule has 4 rings (SSSR count). The van der Waals surface area contributed by atoms with E-state index in [-0.39, 0.29) is 24.0 Å². The third-order valence-electron chi connectivity index (χ3n) is 5.97. The molecule has 0 saturated carbocycles. The van der Waals surface area contributed by atoms with E-state index in [1.54, 1.807) is 35.2 Å². The molecule has 2 aliphatic rings. The van der Waals surface area contributed by atoms with Gasteiger partial charge in [0.25, 0.3) is 11.1 Å². The van der Waals surface area contributed by atoms with Crippen LogP contribution in [0.25, 0.3) is 6.08 Å². The highest BCUT2D eigenvalue weighted by Gasteiger charge is 2.37. The van der Waals surface area contributed by atoms with Crippen molar-refractivity contribution in [2.45, 2.75) is 32.3 Å². The van der Waals surface area contributed by atoms with Crippen molar-refractivity contribution in [3.63, 3.8) is 0 Å². The van der Waals surface area contributed by atoms with E-state index in [1.807, 2.05) is 12.1 Å². The molecule has 190 valence electrons. The first kappa shape index (κ1) is 26.4. The van der Waals surface area contributed by atoms with Crippen LogP contribution in [0, 0.1) is 0 Å². The average Bonchev–Trinajstić information content (AvgIpc) is 3.05. The number of nitrogens with zero attached hydrogens (tertiary/aromatic N) is 2. The van der Waals surface area contributed by atoms with E-state index >= 15 is 0 Å². The molecular formula is C26H26Cl2N2O5S. The maximum Gasteiger partial charge on any atom is 0.294 e. The van der Waals surface area contributed by atoms with Gasteiger partial charge in [0.2, 0.25) is 5.91 Å². The number of thioether (sulfide) groups is 1. The van der Waals surface area contributed by atoms with Gasteiger partial charge in [0, 0.05) is 18.1 Å². The Balaban J connectivity index is 1.47. The number of hydrogen-bond acceptors (Lipinski definition) is 6. The molecule has 0 aromatic heterocycles. The standard InChI is InChI=1S/C26H26Cl2N2O5S/c1-34-21-13-18(12-20(28)24(21)35-16-17-6-8-19(27)9-7-17)14-22-25(32)30(26(33)36-22)15-23(31)29-10-4-2-3-5-11-29/h6-9,12-14H,2-5,10-11,15-16H2,1H3. The van der Waals surface area contributed by atoms with Gasteiger partial charge in [0.15, 0.2) is 11.5 Å². The van der Waals surface area contributed by atoms with E-state index < -0.39 is 11.1 Å². The Morgan fingerprint density at radius 3 is 2.42 bits per heavy atom. The predicted molar refractivity (Wildman–Crippen MR) is 142 cm³/mol. The van der Waals surface area contributed by atoms with Crippen molar-refractivity contribution in [3.05, 3.63) is 62.5 Å². The van der Waals surface area contributed by atoms with Crippen LogP contribution >= 0.6 is 35.0 Å². The van der Waals surface area contributed by atoms with Crippen molar-refractivity contribution in [1.82, 2.24) is 9.80 Å². The van der Waals surface area contributed by atoms with Gasteiger partial charge in [0.05, 0.1) is 17.0 Å². The molecule has 0 aliphatic carbocycles. The van der Waals surface area contributed by atoms with Gasteiger partial charge in [0.1, 0.15) is 13.2 Å². The molecular weight excluding hydrogens is 523 g/mol. The molecule has 2 aromatic rings. The number of imide groups is 1. The van der Waals surface area contributed by atoms with Gasteiger partial charge in [-0.1, -0.05) is 48.2 Å². The predicted octanol–water partition coefficient (Wildman–Crippen LogP) is 6.02. The summed E-state index contributed by atoms with van der Waals surface area (Å²) < 4.78 is 11.3. The summed E-state index contributed by atoms with van der Waals surface area (Å²) in [5.41, 5.74) is 1.48. The summed E-state index contributed by atoms with van der Waals surface area (Å²) >= 11 is 13.2. The Bertz CT molecular complexity index is 1180. The monoisotopic (exact) mass is 548 g/mol. The molecule has 0 bridgehead atoms. The van der Waals surface area contributed by atoms with E-state index in [0.29, 0.717) is 40.2 Å². The average molecular weight is 549 g/mol.